The Kier molecular flexibility index (Phi) is 11.0. The van der Waals surface area contributed by atoms with Crippen molar-refractivity contribution in [3.63, 3.8) is 0 Å². The highest BCUT2D eigenvalue weighted by atomic mass is 28.4. The van der Waals surface area contributed by atoms with Crippen molar-refractivity contribution in [2.75, 3.05) is 14.2 Å². The molecule has 0 heterocycles. The highest BCUT2D eigenvalue weighted by molar-refractivity contribution is 6.74. The lowest BCUT2D eigenvalue weighted by Crippen LogP contribution is -2.54. The van der Waals surface area contributed by atoms with E-state index in [9.17, 15) is 14.4 Å². The minimum absolute atomic E-state index is 0.0638. The fraction of sp³-hybridized carbons (Fsp3) is 0.516. The molecule has 1 N–H and O–H groups in total. The molecule has 0 saturated carbocycles. The summed E-state index contributed by atoms with van der Waals surface area (Å²) in [6.07, 6.45) is -0.238. The number of carbonyl (C=O) groups excluding carboxylic acids is 3. The van der Waals surface area contributed by atoms with Crippen LogP contribution < -0.4 is 9.74 Å². The Labute approximate surface area is 240 Å². The second-order valence-electron chi connectivity index (χ2n) is 12.6. The van der Waals surface area contributed by atoms with Gasteiger partial charge in [0.25, 0.3) is 0 Å². The molecule has 2 atom stereocenters. The lowest BCUT2D eigenvalue weighted by atomic mass is 10.0. The molecule has 0 saturated heterocycles. The molecule has 0 spiro atoms. The van der Waals surface area contributed by atoms with Crippen molar-refractivity contribution in [3.05, 3.63) is 65.7 Å². The van der Waals surface area contributed by atoms with Crippen LogP contribution in [0.25, 0.3) is 0 Å². The van der Waals surface area contributed by atoms with Gasteiger partial charge in [-0.1, -0.05) is 63.2 Å². The molecule has 0 aromatic heterocycles. The molecule has 0 fully saturated rings. The quantitative estimate of drug-likeness (QED) is 0.289. The van der Waals surface area contributed by atoms with Crippen LogP contribution in [0.3, 0.4) is 0 Å². The van der Waals surface area contributed by atoms with Gasteiger partial charge in [0.1, 0.15) is 23.4 Å². The van der Waals surface area contributed by atoms with Gasteiger partial charge in [0.15, 0.2) is 0 Å². The zero-order valence-corrected chi connectivity index (χ0v) is 26.7. The Morgan fingerprint density at radius 2 is 1.43 bits per heavy atom. The van der Waals surface area contributed by atoms with E-state index in [1.54, 1.807) is 27.8 Å². The first kappa shape index (κ1) is 32.9. The van der Waals surface area contributed by atoms with Crippen LogP contribution in [0.1, 0.15) is 52.7 Å². The molecule has 0 aliphatic carbocycles. The topological polar surface area (TPSA) is 94.2 Å². The lowest BCUT2D eigenvalue weighted by Gasteiger charge is -2.36. The summed E-state index contributed by atoms with van der Waals surface area (Å²) >= 11 is 0. The van der Waals surface area contributed by atoms with Gasteiger partial charge >= 0.3 is 12.1 Å². The van der Waals surface area contributed by atoms with Crippen LogP contribution in [0.5, 0.6) is 5.75 Å². The van der Waals surface area contributed by atoms with Crippen LogP contribution in [-0.2, 0) is 31.9 Å². The Bertz CT molecular complexity index is 1140. The summed E-state index contributed by atoms with van der Waals surface area (Å²) in [6.45, 7) is 16.2. The van der Waals surface area contributed by atoms with Crippen LogP contribution in [-0.4, -0.2) is 63.0 Å². The highest BCUT2D eigenvalue weighted by Crippen LogP contribution is 2.37. The van der Waals surface area contributed by atoms with Crippen molar-refractivity contribution in [2.45, 2.75) is 90.2 Å². The van der Waals surface area contributed by atoms with E-state index in [0.29, 0.717) is 0 Å². The Hall–Kier alpha value is -3.33. The number of esters is 1. The van der Waals surface area contributed by atoms with Crippen molar-refractivity contribution >= 4 is 26.3 Å². The average molecular weight is 571 g/mol. The van der Waals surface area contributed by atoms with Gasteiger partial charge in [0, 0.05) is 19.9 Å². The fourth-order valence-corrected chi connectivity index (χ4v) is 4.81. The summed E-state index contributed by atoms with van der Waals surface area (Å²) in [4.78, 5) is 40.6. The summed E-state index contributed by atoms with van der Waals surface area (Å²) in [5.74, 6) is -0.199. The lowest BCUT2D eigenvalue weighted by molar-refractivity contribution is -0.152. The number of hydrogen-bond acceptors (Lipinski definition) is 6. The molecule has 9 heteroatoms. The zero-order valence-electron chi connectivity index (χ0n) is 25.7. The van der Waals surface area contributed by atoms with E-state index in [4.69, 9.17) is 13.9 Å². The number of methoxy groups -OCH3 is 1. The van der Waals surface area contributed by atoms with Gasteiger partial charge in [-0.2, -0.15) is 0 Å². The minimum Gasteiger partial charge on any atom is -0.544 e. The fourth-order valence-electron chi connectivity index (χ4n) is 3.78. The smallest absolute Gasteiger partial charge is 0.408 e. The van der Waals surface area contributed by atoms with Gasteiger partial charge in [-0.25, -0.2) is 9.59 Å². The Balaban J connectivity index is 2.27. The van der Waals surface area contributed by atoms with Crippen LogP contribution in [0, 0.1) is 0 Å². The Morgan fingerprint density at radius 1 is 0.875 bits per heavy atom. The first-order valence-corrected chi connectivity index (χ1v) is 16.5. The number of rotatable bonds is 10. The zero-order chi connectivity index (χ0) is 30.3. The first-order valence-electron chi connectivity index (χ1n) is 13.6. The first-order chi connectivity index (χ1) is 18.4. The van der Waals surface area contributed by atoms with E-state index in [2.05, 4.69) is 39.2 Å². The van der Waals surface area contributed by atoms with Crippen LogP contribution in [0.4, 0.5) is 4.79 Å². The molecule has 0 aliphatic heterocycles. The number of likely N-dealkylation sites (N-methyl/N-ethyl adjacent to an activating group) is 1. The summed E-state index contributed by atoms with van der Waals surface area (Å²) in [6, 6.07) is 15.1. The van der Waals surface area contributed by atoms with Gasteiger partial charge in [-0.3, -0.25) is 4.79 Å². The van der Waals surface area contributed by atoms with Crippen molar-refractivity contribution < 1.29 is 28.3 Å². The number of carbonyl (C=O) groups is 3. The molecule has 2 aromatic rings. The number of alkyl carbamates (subject to hydrolysis) is 1. The van der Waals surface area contributed by atoms with E-state index < -0.39 is 44.0 Å². The van der Waals surface area contributed by atoms with Crippen LogP contribution in [0.2, 0.25) is 18.1 Å². The molecule has 2 rings (SSSR count). The van der Waals surface area contributed by atoms with Crippen molar-refractivity contribution in [1.29, 1.82) is 0 Å². The summed E-state index contributed by atoms with van der Waals surface area (Å²) in [5, 5.41) is 2.77. The number of benzene rings is 2. The summed E-state index contributed by atoms with van der Waals surface area (Å²) in [5.41, 5.74) is 0.973. The SMILES string of the molecule is COC(=O)[C@H](Cc1ccc(O[Si](C)(C)C(C)(C)C)cc1)N(C)C(=O)[C@H](Cc1ccccc1)NC(=O)OC(C)(C)C. The molecule has 220 valence electrons. The maximum Gasteiger partial charge on any atom is 0.408 e. The largest absolute Gasteiger partial charge is 0.544 e. The van der Waals surface area contributed by atoms with E-state index in [1.165, 1.54) is 12.0 Å². The van der Waals surface area contributed by atoms with E-state index >= 15 is 0 Å². The number of amides is 2. The van der Waals surface area contributed by atoms with E-state index in [0.717, 1.165) is 16.9 Å². The molecule has 2 amide bonds. The number of ether oxygens (including phenoxy) is 2. The van der Waals surface area contributed by atoms with Crippen molar-refractivity contribution in [1.82, 2.24) is 10.2 Å². The van der Waals surface area contributed by atoms with Gasteiger partial charge in [-0.15, -0.1) is 0 Å². The molecular formula is C31H46N2O6Si. The highest BCUT2D eigenvalue weighted by Gasteiger charge is 2.39. The van der Waals surface area contributed by atoms with Crippen molar-refractivity contribution in [2.24, 2.45) is 0 Å². The molecule has 0 radical (unpaired) electrons. The number of nitrogens with zero attached hydrogens (tertiary/aromatic N) is 1. The molecule has 40 heavy (non-hydrogen) atoms. The standard InChI is InChI=1S/C31H46N2O6Si/c1-30(2,3)38-29(36)32-25(20-22-14-12-11-13-15-22)27(34)33(7)26(28(35)37-8)21-23-16-18-24(19-17-23)39-40(9,10)31(4,5)6/h11-19,25-26H,20-21H2,1-10H3,(H,32,36)/t25-,26-/m0/s1. The Morgan fingerprint density at radius 3 is 1.93 bits per heavy atom. The van der Waals surface area contributed by atoms with E-state index in [-0.39, 0.29) is 17.9 Å². The third-order valence-corrected chi connectivity index (χ3v) is 11.5. The van der Waals surface area contributed by atoms with E-state index in [1.807, 2.05) is 54.6 Å². The van der Waals surface area contributed by atoms with Gasteiger partial charge in [0.2, 0.25) is 14.2 Å². The molecule has 0 unspecified atom stereocenters. The second kappa shape index (κ2) is 13.3. The average Bonchev–Trinajstić information content (AvgIpc) is 2.85. The summed E-state index contributed by atoms with van der Waals surface area (Å²) < 4.78 is 16.8. The monoisotopic (exact) mass is 570 g/mol. The maximum atomic E-state index is 13.7. The number of nitrogens with one attached hydrogen (secondary N) is 1. The molecule has 2 aromatic carbocycles. The second-order valence-corrected chi connectivity index (χ2v) is 17.3. The molecule has 0 aliphatic rings. The minimum atomic E-state index is -2.00. The molecule has 8 nitrogen and oxygen atoms in total. The van der Waals surface area contributed by atoms with Crippen LogP contribution >= 0.6 is 0 Å². The van der Waals surface area contributed by atoms with Gasteiger partial charge in [-0.05, 0) is 62.2 Å². The molecule has 0 bridgehead atoms. The predicted molar refractivity (Wildman–Crippen MR) is 160 cm³/mol. The third-order valence-electron chi connectivity index (χ3n) is 7.09. The normalized spacial score (nSPS) is 13.6. The van der Waals surface area contributed by atoms with Gasteiger partial charge < -0.3 is 24.1 Å². The predicted octanol–water partition coefficient (Wildman–Crippen LogP) is 5.75. The number of hydrogen-bond donors (Lipinski definition) is 1. The third kappa shape index (κ3) is 9.69. The van der Waals surface area contributed by atoms with Crippen LogP contribution in [0.15, 0.2) is 54.6 Å². The maximum absolute atomic E-state index is 13.7. The van der Waals surface area contributed by atoms with Gasteiger partial charge in [0.05, 0.1) is 7.11 Å². The van der Waals surface area contributed by atoms with Crippen molar-refractivity contribution in [3.8, 4) is 5.75 Å². The summed E-state index contributed by atoms with van der Waals surface area (Å²) in [7, 11) is 0.848. The molecular weight excluding hydrogens is 524 g/mol.